The Hall–Kier alpha value is -1.93. The van der Waals surface area contributed by atoms with Crippen molar-refractivity contribution < 1.29 is 18.0 Å². The van der Waals surface area contributed by atoms with Gasteiger partial charge in [-0.1, -0.05) is 25.1 Å². The van der Waals surface area contributed by atoms with Crippen molar-refractivity contribution in [2.24, 2.45) is 0 Å². The van der Waals surface area contributed by atoms with Gasteiger partial charge in [-0.3, -0.25) is 4.79 Å². The number of amides is 3. The number of carbonyl (C=O) groups excluding carboxylic acids is 2. The number of sulfonamides is 1. The zero-order chi connectivity index (χ0) is 18.0. The van der Waals surface area contributed by atoms with Crippen LogP contribution in [0.4, 0.5) is 10.5 Å². The van der Waals surface area contributed by atoms with Gasteiger partial charge in [0.05, 0.1) is 11.4 Å². The summed E-state index contributed by atoms with van der Waals surface area (Å²) in [5.41, 5.74) is 0.572. The molecule has 0 unspecified atom stereocenters. The Bertz CT molecular complexity index is 742. The lowest BCUT2D eigenvalue weighted by molar-refractivity contribution is -0.116. The molecule has 0 spiro atoms. The smallest absolute Gasteiger partial charge is 0.312 e. The van der Waals surface area contributed by atoms with Crippen LogP contribution in [0, 0.1) is 0 Å². The third-order valence-corrected chi connectivity index (χ3v) is 6.80. The number of hydrogen-bond acceptors (Lipinski definition) is 4. The highest BCUT2D eigenvalue weighted by atomic mass is 32.2. The number of hydrogen-bond donors (Lipinski definition) is 0. The summed E-state index contributed by atoms with van der Waals surface area (Å²) < 4.78 is 25.8. The van der Waals surface area contributed by atoms with E-state index in [0.29, 0.717) is 38.0 Å². The summed E-state index contributed by atoms with van der Waals surface area (Å²) in [5.74, 6) is -0.0853. The molecule has 0 N–H and O–H groups in total. The molecule has 0 saturated carbocycles. The minimum absolute atomic E-state index is 0.0557. The van der Waals surface area contributed by atoms with Crippen molar-refractivity contribution in [1.29, 1.82) is 0 Å². The summed E-state index contributed by atoms with van der Waals surface area (Å²) in [7, 11) is -3.21. The molecule has 7 nitrogen and oxygen atoms in total. The van der Waals surface area contributed by atoms with E-state index in [9.17, 15) is 18.0 Å². The molecule has 2 aliphatic heterocycles. The van der Waals surface area contributed by atoms with Gasteiger partial charge in [0.2, 0.25) is 10.0 Å². The predicted molar refractivity (Wildman–Crippen MR) is 94.7 cm³/mol. The molecule has 2 aliphatic rings. The first-order chi connectivity index (χ1) is 11.9. The van der Waals surface area contributed by atoms with E-state index in [1.54, 1.807) is 29.2 Å². The van der Waals surface area contributed by atoms with Gasteiger partial charge < -0.3 is 4.90 Å². The molecule has 136 valence electrons. The second-order valence-electron chi connectivity index (χ2n) is 6.42. The Morgan fingerprint density at radius 3 is 2.32 bits per heavy atom. The monoisotopic (exact) mass is 365 g/mol. The fraction of sp³-hybridized carbons (Fsp3) is 0.529. The van der Waals surface area contributed by atoms with E-state index in [1.807, 2.05) is 13.0 Å². The van der Waals surface area contributed by atoms with Crippen molar-refractivity contribution in [3.05, 3.63) is 30.3 Å². The van der Waals surface area contributed by atoms with Crippen molar-refractivity contribution in [2.75, 3.05) is 30.3 Å². The Kier molecular flexibility index (Phi) is 5.10. The maximum absolute atomic E-state index is 12.7. The number of urea groups is 1. The highest BCUT2D eigenvalue weighted by Crippen LogP contribution is 2.27. The number of rotatable bonds is 5. The van der Waals surface area contributed by atoms with Crippen LogP contribution < -0.4 is 4.90 Å². The van der Waals surface area contributed by atoms with E-state index in [-0.39, 0.29) is 30.3 Å². The maximum Gasteiger partial charge on any atom is 0.332 e. The van der Waals surface area contributed by atoms with Crippen LogP contribution in [0.15, 0.2) is 30.3 Å². The molecule has 0 aliphatic carbocycles. The SMILES string of the molecule is CCCS(=O)(=O)N1CCC(N2CC(=O)N(c3ccccc3)C2=O)CC1. The van der Waals surface area contributed by atoms with Gasteiger partial charge in [0.25, 0.3) is 5.91 Å². The minimum Gasteiger partial charge on any atom is -0.312 e. The van der Waals surface area contributed by atoms with Crippen LogP contribution in [0.5, 0.6) is 0 Å². The second-order valence-corrected chi connectivity index (χ2v) is 8.51. The Labute approximate surface area is 148 Å². The van der Waals surface area contributed by atoms with Crippen molar-refractivity contribution in [3.63, 3.8) is 0 Å². The summed E-state index contributed by atoms with van der Waals surface area (Å²) in [4.78, 5) is 27.8. The highest BCUT2D eigenvalue weighted by Gasteiger charge is 2.42. The lowest BCUT2D eigenvalue weighted by Gasteiger charge is -2.35. The summed E-state index contributed by atoms with van der Waals surface area (Å²) in [6, 6.07) is 8.46. The van der Waals surface area contributed by atoms with E-state index < -0.39 is 10.0 Å². The molecule has 3 amide bonds. The van der Waals surface area contributed by atoms with Crippen LogP contribution in [-0.4, -0.2) is 61.0 Å². The predicted octanol–water partition coefficient (Wildman–Crippen LogP) is 1.66. The van der Waals surface area contributed by atoms with Gasteiger partial charge in [-0.15, -0.1) is 0 Å². The van der Waals surface area contributed by atoms with E-state index in [4.69, 9.17) is 0 Å². The third kappa shape index (κ3) is 3.55. The van der Waals surface area contributed by atoms with Crippen molar-refractivity contribution in [1.82, 2.24) is 9.21 Å². The number of nitrogens with zero attached hydrogens (tertiary/aromatic N) is 3. The topological polar surface area (TPSA) is 78.0 Å². The maximum atomic E-state index is 12.7. The van der Waals surface area contributed by atoms with E-state index in [1.165, 1.54) is 9.21 Å². The number of benzene rings is 1. The number of para-hydroxylation sites is 1. The van der Waals surface area contributed by atoms with Gasteiger partial charge in [-0.05, 0) is 31.4 Å². The number of piperidine rings is 1. The Balaban J connectivity index is 1.67. The van der Waals surface area contributed by atoms with Crippen LogP contribution in [0.1, 0.15) is 26.2 Å². The molecule has 25 heavy (non-hydrogen) atoms. The first kappa shape index (κ1) is 17.9. The molecule has 0 radical (unpaired) electrons. The van der Waals surface area contributed by atoms with Gasteiger partial charge >= 0.3 is 6.03 Å². The highest BCUT2D eigenvalue weighted by molar-refractivity contribution is 7.89. The first-order valence-corrected chi connectivity index (χ1v) is 10.2. The zero-order valence-corrected chi connectivity index (χ0v) is 15.1. The normalized spacial score (nSPS) is 20.5. The standard InChI is InChI=1S/C17H23N3O4S/c1-2-12-25(23,24)18-10-8-14(9-11-18)19-13-16(21)20(17(19)22)15-6-4-3-5-7-15/h3-7,14H,2,8-13H2,1H3. The molecule has 8 heteroatoms. The molecule has 0 atom stereocenters. The van der Waals surface area contributed by atoms with Crippen LogP contribution in [0.3, 0.4) is 0 Å². The van der Waals surface area contributed by atoms with Gasteiger partial charge in [-0.2, -0.15) is 0 Å². The molecule has 1 aromatic carbocycles. The Morgan fingerprint density at radius 1 is 1.08 bits per heavy atom. The lowest BCUT2D eigenvalue weighted by atomic mass is 10.1. The summed E-state index contributed by atoms with van der Waals surface area (Å²) in [6.07, 6.45) is 1.71. The first-order valence-electron chi connectivity index (χ1n) is 8.60. The fourth-order valence-electron chi connectivity index (χ4n) is 3.46. The van der Waals surface area contributed by atoms with E-state index in [0.717, 1.165) is 0 Å². The van der Waals surface area contributed by atoms with Gasteiger partial charge in [-0.25, -0.2) is 22.4 Å². The number of imide groups is 1. The molecule has 2 saturated heterocycles. The molecule has 2 heterocycles. The quantitative estimate of drug-likeness (QED) is 0.744. The summed E-state index contributed by atoms with van der Waals surface area (Å²) in [5, 5.41) is 0. The van der Waals surface area contributed by atoms with Gasteiger partial charge in [0.15, 0.2) is 0 Å². The van der Waals surface area contributed by atoms with Crippen LogP contribution in [0.2, 0.25) is 0 Å². The van der Waals surface area contributed by atoms with Crippen molar-refractivity contribution in [2.45, 2.75) is 32.2 Å². The average molecular weight is 365 g/mol. The van der Waals surface area contributed by atoms with Crippen LogP contribution in [-0.2, 0) is 14.8 Å². The lowest BCUT2D eigenvalue weighted by Crippen LogP contribution is -2.48. The van der Waals surface area contributed by atoms with Gasteiger partial charge in [0, 0.05) is 19.1 Å². The summed E-state index contributed by atoms with van der Waals surface area (Å²) >= 11 is 0. The van der Waals surface area contributed by atoms with E-state index in [2.05, 4.69) is 0 Å². The molecule has 0 aromatic heterocycles. The largest absolute Gasteiger partial charge is 0.332 e. The van der Waals surface area contributed by atoms with Crippen LogP contribution in [0.25, 0.3) is 0 Å². The molecule has 3 rings (SSSR count). The third-order valence-electron chi connectivity index (χ3n) is 4.73. The average Bonchev–Trinajstić information content (AvgIpc) is 2.90. The van der Waals surface area contributed by atoms with Crippen molar-refractivity contribution in [3.8, 4) is 0 Å². The Morgan fingerprint density at radius 2 is 1.72 bits per heavy atom. The molecule has 1 aromatic rings. The second kappa shape index (κ2) is 7.13. The zero-order valence-electron chi connectivity index (χ0n) is 14.3. The molecule has 0 bridgehead atoms. The molecule has 2 fully saturated rings. The van der Waals surface area contributed by atoms with Crippen LogP contribution >= 0.6 is 0 Å². The molecular weight excluding hydrogens is 342 g/mol. The number of anilines is 1. The summed E-state index contributed by atoms with van der Waals surface area (Å²) in [6.45, 7) is 2.70. The van der Waals surface area contributed by atoms with Crippen molar-refractivity contribution >= 4 is 27.6 Å². The fourth-order valence-corrected chi connectivity index (χ4v) is 5.00. The van der Waals surface area contributed by atoms with Gasteiger partial charge in [0.1, 0.15) is 6.54 Å². The molecular formula is C17H23N3O4S. The number of carbonyl (C=O) groups is 2. The minimum atomic E-state index is -3.21. The van der Waals surface area contributed by atoms with E-state index >= 15 is 0 Å².